The van der Waals surface area contributed by atoms with Crippen molar-refractivity contribution in [3.8, 4) is 5.75 Å². The molecule has 2 aromatic rings. The number of amides is 1. The van der Waals surface area contributed by atoms with Gasteiger partial charge in [0.15, 0.2) is 0 Å². The summed E-state index contributed by atoms with van der Waals surface area (Å²) >= 11 is 0. The number of carbonyl (C=O) groups excluding carboxylic acids is 1. The number of rotatable bonds is 3. The van der Waals surface area contributed by atoms with Gasteiger partial charge >= 0.3 is 0 Å². The Kier molecular flexibility index (Phi) is 4.52. The van der Waals surface area contributed by atoms with Crippen molar-refractivity contribution in [2.75, 3.05) is 0 Å². The smallest absolute Gasteiger partial charge is 0.251 e. The van der Waals surface area contributed by atoms with Crippen LogP contribution in [0.4, 0.5) is 4.39 Å². The van der Waals surface area contributed by atoms with Crippen molar-refractivity contribution < 1.29 is 19.0 Å². The summed E-state index contributed by atoms with van der Waals surface area (Å²) in [4.78, 5) is 12.6. The molecule has 0 aliphatic carbocycles. The van der Waals surface area contributed by atoms with Gasteiger partial charge in [0.2, 0.25) is 0 Å². The van der Waals surface area contributed by atoms with Crippen LogP contribution in [0.3, 0.4) is 0 Å². The minimum Gasteiger partial charge on any atom is -0.485 e. The average Bonchev–Trinajstić information content (AvgIpc) is 2.59. The maximum atomic E-state index is 13.1. The van der Waals surface area contributed by atoms with E-state index in [0.29, 0.717) is 11.3 Å². The zero-order valence-electron chi connectivity index (χ0n) is 14.5. The lowest BCUT2D eigenvalue weighted by Crippen LogP contribution is -2.53. The fraction of sp³-hybridized carbons (Fsp3) is 0.350. The van der Waals surface area contributed by atoms with Crippen LogP contribution in [0.25, 0.3) is 0 Å². The molecule has 132 valence electrons. The predicted octanol–water partition coefficient (Wildman–Crippen LogP) is 3.39. The van der Waals surface area contributed by atoms with Crippen LogP contribution in [0.1, 0.15) is 48.3 Å². The zero-order chi connectivity index (χ0) is 18.2. The van der Waals surface area contributed by atoms with Gasteiger partial charge in [-0.2, -0.15) is 0 Å². The van der Waals surface area contributed by atoms with E-state index in [2.05, 4.69) is 5.32 Å². The van der Waals surface area contributed by atoms with Gasteiger partial charge in [0.25, 0.3) is 5.91 Å². The van der Waals surface area contributed by atoms with Gasteiger partial charge < -0.3 is 15.2 Å². The Balaban J connectivity index is 1.95. The van der Waals surface area contributed by atoms with Crippen LogP contribution in [0.2, 0.25) is 0 Å². The van der Waals surface area contributed by atoms with Gasteiger partial charge in [-0.25, -0.2) is 4.39 Å². The first-order valence-electron chi connectivity index (χ1n) is 8.38. The van der Waals surface area contributed by atoms with Gasteiger partial charge in [0, 0.05) is 11.1 Å². The van der Waals surface area contributed by atoms with Crippen LogP contribution in [-0.4, -0.2) is 22.7 Å². The van der Waals surface area contributed by atoms with Crippen LogP contribution >= 0.6 is 0 Å². The number of hydrogen-bond donors (Lipinski definition) is 2. The van der Waals surface area contributed by atoms with Crippen molar-refractivity contribution in [1.82, 2.24) is 5.32 Å². The van der Waals surface area contributed by atoms with Crippen molar-refractivity contribution in [3.05, 3.63) is 65.0 Å². The Bertz CT molecular complexity index is 786. The molecule has 0 aromatic heterocycles. The standard InChI is InChI=1S/C20H22FNO3/c1-4-12-5-10-16-15(11-12)17(18(23)20(2,3)25-16)22-19(24)13-6-8-14(21)9-7-13/h5-11,17-18,23H,4H2,1-3H3,(H,22,24)/t17-,18-/m0/s1. The number of benzene rings is 2. The minimum atomic E-state index is -0.920. The molecule has 0 saturated heterocycles. The summed E-state index contributed by atoms with van der Waals surface area (Å²) < 4.78 is 19.0. The number of halogens is 1. The molecule has 0 spiro atoms. The lowest BCUT2D eigenvalue weighted by Gasteiger charge is -2.42. The Morgan fingerprint density at radius 2 is 1.92 bits per heavy atom. The molecule has 1 aliphatic rings. The third-order valence-electron chi connectivity index (χ3n) is 4.61. The van der Waals surface area contributed by atoms with Crippen LogP contribution in [0.15, 0.2) is 42.5 Å². The zero-order valence-corrected chi connectivity index (χ0v) is 14.5. The van der Waals surface area contributed by atoms with Crippen molar-refractivity contribution in [3.63, 3.8) is 0 Å². The normalized spacial score (nSPS) is 21.2. The Morgan fingerprint density at radius 3 is 2.56 bits per heavy atom. The maximum Gasteiger partial charge on any atom is 0.251 e. The highest BCUT2D eigenvalue weighted by atomic mass is 19.1. The number of aliphatic hydroxyl groups is 1. The number of aliphatic hydroxyl groups excluding tert-OH is 1. The summed E-state index contributed by atoms with van der Waals surface area (Å²) in [6.45, 7) is 5.61. The van der Waals surface area contributed by atoms with Gasteiger partial charge in [0.1, 0.15) is 23.3 Å². The lowest BCUT2D eigenvalue weighted by atomic mass is 9.85. The number of carbonyl (C=O) groups is 1. The average molecular weight is 343 g/mol. The first kappa shape index (κ1) is 17.4. The van der Waals surface area contributed by atoms with E-state index in [0.717, 1.165) is 17.5 Å². The number of fused-ring (bicyclic) bond motifs is 1. The molecule has 2 N–H and O–H groups in total. The molecule has 0 saturated carbocycles. The van der Waals surface area contributed by atoms with Crippen LogP contribution < -0.4 is 10.1 Å². The molecule has 5 heteroatoms. The number of nitrogens with one attached hydrogen (secondary N) is 1. The van der Waals surface area contributed by atoms with Crippen molar-refractivity contribution in [2.24, 2.45) is 0 Å². The van der Waals surface area contributed by atoms with Crippen LogP contribution in [0.5, 0.6) is 5.75 Å². The molecular weight excluding hydrogens is 321 g/mol. The first-order chi connectivity index (χ1) is 11.8. The second-order valence-corrected chi connectivity index (χ2v) is 6.83. The van der Waals surface area contributed by atoms with Crippen molar-refractivity contribution in [2.45, 2.75) is 44.9 Å². The summed E-state index contributed by atoms with van der Waals surface area (Å²) in [5.74, 6) is -0.117. The topological polar surface area (TPSA) is 58.6 Å². The van der Waals surface area contributed by atoms with Gasteiger partial charge in [-0.3, -0.25) is 4.79 Å². The van der Waals surface area contributed by atoms with Gasteiger partial charge in [-0.05, 0) is 62.2 Å². The summed E-state index contributed by atoms with van der Waals surface area (Å²) in [5.41, 5.74) is 1.34. The lowest BCUT2D eigenvalue weighted by molar-refractivity contribution is -0.0628. The second-order valence-electron chi connectivity index (χ2n) is 6.83. The molecule has 0 radical (unpaired) electrons. The summed E-state index contributed by atoms with van der Waals surface area (Å²) in [5, 5.41) is 13.6. The largest absolute Gasteiger partial charge is 0.485 e. The molecule has 25 heavy (non-hydrogen) atoms. The van der Waals surface area contributed by atoms with E-state index in [4.69, 9.17) is 4.74 Å². The molecule has 4 nitrogen and oxygen atoms in total. The van der Waals surface area contributed by atoms with E-state index in [1.807, 2.05) is 25.1 Å². The van der Waals surface area contributed by atoms with Gasteiger partial charge in [0.05, 0.1) is 6.04 Å². The van der Waals surface area contributed by atoms with E-state index in [9.17, 15) is 14.3 Å². The van der Waals surface area contributed by atoms with Crippen molar-refractivity contribution in [1.29, 1.82) is 0 Å². The molecule has 0 unspecified atom stereocenters. The van der Waals surface area contributed by atoms with Crippen LogP contribution in [0, 0.1) is 5.82 Å². The van der Waals surface area contributed by atoms with Gasteiger partial charge in [-0.1, -0.05) is 13.0 Å². The fourth-order valence-electron chi connectivity index (χ4n) is 3.05. The van der Waals surface area contributed by atoms with E-state index < -0.39 is 23.6 Å². The minimum absolute atomic E-state index is 0.339. The van der Waals surface area contributed by atoms with E-state index in [-0.39, 0.29) is 5.91 Å². The molecule has 0 bridgehead atoms. The maximum absolute atomic E-state index is 13.1. The van der Waals surface area contributed by atoms with Gasteiger partial charge in [-0.15, -0.1) is 0 Å². The van der Waals surface area contributed by atoms with Crippen molar-refractivity contribution >= 4 is 5.91 Å². The quantitative estimate of drug-likeness (QED) is 0.898. The molecule has 1 amide bonds. The molecule has 2 aromatic carbocycles. The van der Waals surface area contributed by atoms with Crippen LogP contribution in [-0.2, 0) is 6.42 Å². The SMILES string of the molecule is CCc1ccc2c(c1)[C@H](NC(=O)c1ccc(F)cc1)[C@H](O)C(C)(C)O2. The third kappa shape index (κ3) is 3.37. The summed E-state index contributed by atoms with van der Waals surface area (Å²) in [7, 11) is 0. The first-order valence-corrected chi connectivity index (χ1v) is 8.38. The Labute approximate surface area is 146 Å². The summed E-state index contributed by atoms with van der Waals surface area (Å²) in [6.07, 6.45) is -0.0812. The second kappa shape index (κ2) is 6.48. The highest BCUT2D eigenvalue weighted by molar-refractivity contribution is 5.94. The molecule has 3 rings (SSSR count). The highest BCUT2D eigenvalue weighted by Crippen LogP contribution is 2.40. The monoisotopic (exact) mass is 343 g/mol. The Hall–Kier alpha value is -2.40. The predicted molar refractivity (Wildman–Crippen MR) is 93.1 cm³/mol. The molecule has 1 aliphatic heterocycles. The number of ether oxygens (including phenoxy) is 1. The molecule has 1 heterocycles. The molecule has 2 atom stereocenters. The molecular formula is C20H22FNO3. The number of aryl methyl sites for hydroxylation is 1. The van der Waals surface area contributed by atoms with E-state index >= 15 is 0 Å². The number of hydrogen-bond acceptors (Lipinski definition) is 3. The third-order valence-corrected chi connectivity index (χ3v) is 4.61. The summed E-state index contributed by atoms with van der Waals surface area (Å²) in [6, 6.07) is 10.5. The van der Waals surface area contributed by atoms with E-state index in [1.54, 1.807) is 13.8 Å². The Morgan fingerprint density at radius 1 is 1.24 bits per heavy atom. The molecule has 0 fully saturated rings. The highest BCUT2D eigenvalue weighted by Gasteiger charge is 2.43. The fourth-order valence-corrected chi connectivity index (χ4v) is 3.05. The van der Waals surface area contributed by atoms with E-state index in [1.165, 1.54) is 24.3 Å².